The number of aromatic nitrogens is 7. The molecule has 9 nitrogen and oxygen atoms in total. The predicted molar refractivity (Wildman–Crippen MR) is 106 cm³/mol. The lowest BCUT2D eigenvalue weighted by molar-refractivity contribution is -0.143. The number of rotatable bonds is 8. The van der Waals surface area contributed by atoms with Gasteiger partial charge in [-0.05, 0) is 30.2 Å². The second-order valence-electron chi connectivity index (χ2n) is 7.02. The van der Waals surface area contributed by atoms with Gasteiger partial charge in [-0.1, -0.05) is 30.7 Å². The van der Waals surface area contributed by atoms with Crippen molar-refractivity contribution in [2.75, 3.05) is 0 Å². The minimum absolute atomic E-state index is 0.396. The predicted octanol–water partition coefficient (Wildman–Crippen LogP) is 2.97. The zero-order chi connectivity index (χ0) is 20.2. The van der Waals surface area contributed by atoms with E-state index in [-0.39, 0.29) is 0 Å². The Hall–Kier alpha value is -3.62. The molecule has 0 spiro atoms. The van der Waals surface area contributed by atoms with Crippen molar-refractivity contribution >= 4 is 16.9 Å². The molecule has 4 aromatic rings. The van der Waals surface area contributed by atoms with E-state index < -0.39 is 17.8 Å². The molecule has 0 fully saturated rings. The molecule has 3 aromatic heterocycles. The van der Waals surface area contributed by atoms with E-state index in [2.05, 4.69) is 41.9 Å². The van der Waals surface area contributed by atoms with Crippen LogP contribution in [0.2, 0.25) is 0 Å². The normalized spacial score (nSPS) is 13.4. The Labute approximate surface area is 166 Å². The number of H-pyrrole nitrogens is 2. The third-order valence-electron chi connectivity index (χ3n) is 5.12. The van der Waals surface area contributed by atoms with E-state index in [4.69, 9.17) is 0 Å². The van der Waals surface area contributed by atoms with Gasteiger partial charge in [0.05, 0.1) is 17.6 Å². The van der Waals surface area contributed by atoms with Crippen LogP contribution in [0.4, 0.5) is 0 Å². The highest BCUT2D eigenvalue weighted by Gasteiger charge is 2.32. The third-order valence-corrected chi connectivity index (χ3v) is 5.12. The molecule has 0 aliphatic heterocycles. The number of pyridine rings is 1. The summed E-state index contributed by atoms with van der Waals surface area (Å²) in [4.78, 5) is 16.4. The number of nitrogens with one attached hydrogen (secondary N) is 2. The Bertz CT molecular complexity index is 1090. The Morgan fingerprint density at radius 3 is 2.72 bits per heavy atom. The van der Waals surface area contributed by atoms with E-state index in [0.29, 0.717) is 18.7 Å². The molecule has 2 atom stereocenters. The fourth-order valence-electron chi connectivity index (χ4n) is 3.61. The molecule has 3 heterocycles. The van der Waals surface area contributed by atoms with E-state index in [9.17, 15) is 9.90 Å². The first-order chi connectivity index (χ1) is 14.2. The van der Waals surface area contributed by atoms with Crippen molar-refractivity contribution in [1.29, 1.82) is 0 Å². The van der Waals surface area contributed by atoms with Crippen LogP contribution in [0.15, 0.2) is 42.7 Å². The molecule has 0 saturated heterocycles. The van der Waals surface area contributed by atoms with Crippen molar-refractivity contribution in [2.45, 2.75) is 32.1 Å². The Balaban J connectivity index is 1.58. The number of hydrogen-bond acceptors (Lipinski definition) is 6. The molecule has 0 bridgehead atoms. The molecule has 0 amide bonds. The molecule has 0 radical (unpaired) electrons. The molecule has 4 rings (SSSR count). The maximum absolute atomic E-state index is 11.8. The second kappa shape index (κ2) is 8.17. The minimum atomic E-state index is -0.855. The number of tetrazole rings is 1. The van der Waals surface area contributed by atoms with Crippen LogP contribution in [-0.4, -0.2) is 46.9 Å². The maximum Gasteiger partial charge on any atom is 0.307 e. The number of carboxylic acids is 1. The van der Waals surface area contributed by atoms with E-state index in [0.717, 1.165) is 34.1 Å². The summed E-state index contributed by atoms with van der Waals surface area (Å²) in [6, 6.07) is 9.97. The van der Waals surface area contributed by atoms with Gasteiger partial charge in [-0.15, -0.1) is 10.2 Å². The van der Waals surface area contributed by atoms with Crippen molar-refractivity contribution < 1.29 is 9.90 Å². The fourth-order valence-corrected chi connectivity index (χ4v) is 3.61. The summed E-state index contributed by atoms with van der Waals surface area (Å²) < 4.78 is 0. The van der Waals surface area contributed by atoms with Gasteiger partial charge in [0.25, 0.3) is 0 Å². The van der Waals surface area contributed by atoms with Gasteiger partial charge < -0.3 is 5.11 Å². The summed E-state index contributed by atoms with van der Waals surface area (Å²) in [5.74, 6) is -1.44. The standard InChI is InChI=1S/C20H21N7O2/c1-2-3-16(20(28)29)17(19-24-26-27-25-19)9-15-6-4-13(10-21-15)12-5-7-18-14(8-12)11-22-23-18/h4-8,10-11,16-17H,2-3,9H2,1H3,(H,22,23)(H,28,29)(H,24,25,26,27). The summed E-state index contributed by atoms with van der Waals surface area (Å²) in [6.45, 7) is 1.97. The van der Waals surface area contributed by atoms with Gasteiger partial charge in [0.15, 0.2) is 5.82 Å². The molecule has 0 aliphatic rings. The van der Waals surface area contributed by atoms with Crippen molar-refractivity contribution in [3.8, 4) is 11.1 Å². The number of fused-ring (bicyclic) bond motifs is 1. The summed E-state index contributed by atoms with van der Waals surface area (Å²) in [5, 5.41) is 31.8. The third kappa shape index (κ3) is 3.98. The smallest absolute Gasteiger partial charge is 0.307 e. The van der Waals surface area contributed by atoms with Crippen LogP contribution in [0.3, 0.4) is 0 Å². The lowest BCUT2D eigenvalue weighted by Crippen LogP contribution is -2.25. The summed E-state index contributed by atoms with van der Waals surface area (Å²) >= 11 is 0. The zero-order valence-corrected chi connectivity index (χ0v) is 15.9. The highest BCUT2D eigenvalue weighted by Crippen LogP contribution is 2.30. The second-order valence-corrected chi connectivity index (χ2v) is 7.02. The van der Waals surface area contributed by atoms with Gasteiger partial charge >= 0.3 is 5.97 Å². The maximum atomic E-state index is 11.8. The Morgan fingerprint density at radius 2 is 2.03 bits per heavy atom. The number of aromatic amines is 2. The topological polar surface area (TPSA) is 133 Å². The number of aliphatic carboxylic acids is 1. The van der Waals surface area contributed by atoms with Gasteiger partial charge in [-0.2, -0.15) is 10.3 Å². The molecule has 2 unspecified atom stereocenters. The van der Waals surface area contributed by atoms with Crippen LogP contribution in [0, 0.1) is 5.92 Å². The molecule has 9 heteroatoms. The Morgan fingerprint density at radius 1 is 1.17 bits per heavy atom. The quantitative estimate of drug-likeness (QED) is 0.420. The first-order valence-corrected chi connectivity index (χ1v) is 9.50. The summed E-state index contributed by atoms with van der Waals surface area (Å²) in [6.07, 6.45) is 5.32. The van der Waals surface area contributed by atoms with Crippen LogP contribution >= 0.6 is 0 Å². The van der Waals surface area contributed by atoms with Crippen LogP contribution in [0.25, 0.3) is 22.0 Å². The highest BCUT2D eigenvalue weighted by molar-refractivity contribution is 5.83. The number of benzene rings is 1. The van der Waals surface area contributed by atoms with Crippen LogP contribution < -0.4 is 0 Å². The minimum Gasteiger partial charge on any atom is -0.481 e. The number of carbonyl (C=O) groups is 1. The average molecular weight is 391 g/mol. The van der Waals surface area contributed by atoms with E-state index in [1.165, 1.54) is 0 Å². The number of hydrogen-bond donors (Lipinski definition) is 3. The van der Waals surface area contributed by atoms with Crippen LogP contribution in [0.1, 0.15) is 37.2 Å². The van der Waals surface area contributed by atoms with Crippen molar-refractivity contribution in [2.24, 2.45) is 5.92 Å². The lowest BCUT2D eigenvalue weighted by atomic mass is 9.84. The first-order valence-electron chi connectivity index (χ1n) is 9.50. The molecule has 1 aromatic carbocycles. The van der Waals surface area contributed by atoms with Crippen molar-refractivity contribution in [3.63, 3.8) is 0 Å². The molecule has 0 saturated carbocycles. The zero-order valence-electron chi connectivity index (χ0n) is 15.9. The SMILES string of the molecule is CCCC(C(=O)O)C(Cc1ccc(-c2ccc3[nH]ncc3c2)cn1)c1nn[nH]n1. The molecule has 29 heavy (non-hydrogen) atoms. The van der Waals surface area contributed by atoms with Gasteiger partial charge in [-0.3, -0.25) is 14.9 Å². The van der Waals surface area contributed by atoms with Crippen LogP contribution in [-0.2, 0) is 11.2 Å². The van der Waals surface area contributed by atoms with Gasteiger partial charge in [0, 0.05) is 35.2 Å². The van der Waals surface area contributed by atoms with Crippen molar-refractivity contribution in [3.05, 3.63) is 54.2 Å². The number of nitrogens with zero attached hydrogens (tertiary/aromatic N) is 5. The molecule has 0 aliphatic carbocycles. The summed E-state index contributed by atoms with van der Waals surface area (Å²) in [5.41, 5.74) is 3.80. The lowest BCUT2D eigenvalue weighted by Gasteiger charge is -2.20. The molecule has 148 valence electrons. The van der Waals surface area contributed by atoms with E-state index in [1.807, 2.05) is 31.2 Å². The molecular formula is C20H21N7O2. The highest BCUT2D eigenvalue weighted by atomic mass is 16.4. The van der Waals surface area contributed by atoms with E-state index >= 15 is 0 Å². The summed E-state index contributed by atoms with van der Waals surface area (Å²) in [7, 11) is 0. The van der Waals surface area contributed by atoms with E-state index in [1.54, 1.807) is 12.4 Å². The van der Waals surface area contributed by atoms with Gasteiger partial charge in [0.1, 0.15) is 0 Å². The van der Waals surface area contributed by atoms with Gasteiger partial charge in [0.2, 0.25) is 0 Å². The monoisotopic (exact) mass is 391 g/mol. The molecular weight excluding hydrogens is 370 g/mol. The largest absolute Gasteiger partial charge is 0.481 e. The number of carboxylic acid groups (broad SMARTS) is 1. The Kier molecular flexibility index (Phi) is 5.28. The van der Waals surface area contributed by atoms with Crippen LogP contribution in [0.5, 0.6) is 0 Å². The van der Waals surface area contributed by atoms with Gasteiger partial charge in [-0.25, -0.2) is 0 Å². The van der Waals surface area contributed by atoms with Crippen molar-refractivity contribution in [1.82, 2.24) is 35.8 Å². The first kappa shape index (κ1) is 18.7. The fraction of sp³-hybridized carbons (Fsp3) is 0.300. The molecule has 3 N–H and O–H groups in total. The average Bonchev–Trinajstić information content (AvgIpc) is 3.42.